The number of rotatable bonds is 10. The Morgan fingerprint density at radius 2 is 1.70 bits per heavy atom. The minimum absolute atomic E-state index is 0.0116. The van der Waals surface area contributed by atoms with Crippen LogP contribution in [0.15, 0.2) is 42.5 Å². The molecule has 33 heavy (non-hydrogen) atoms. The van der Waals surface area contributed by atoms with Gasteiger partial charge in [0.2, 0.25) is 0 Å². The van der Waals surface area contributed by atoms with Gasteiger partial charge in [-0.2, -0.15) is 0 Å². The number of phenols is 1. The topological polar surface area (TPSA) is 103 Å². The molecule has 4 N–H and O–H groups in total. The van der Waals surface area contributed by atoms with Crippen LogP contribution in [0.25, 0.3) is 16.6 Å². The maximum absolute atomic E-state index is 13.7. The van der Waals surface area contributed by atoms with Crippen molar-refractivity contribution in [1.82, 2.24) is 4.57 Å². The summed E-state index contributed by atoms with van der Waals surface area (Å²) in [6.45, 7) is 5.41. The van der Waals surface area contributed by atoms with Crippen molar-refractivity contribution in [3.63, 3.8) is 0 Å². The van der Waals surface area contributed by atoms with Crippen molar-refractivity contribution in [2.24, 2.45) is 0 Å². The molecule has 3 aromatic rings. The second-order valence-electron chi connectivity index (χ2n) is 9.53. The summed E-state index contributed by atoms with van der Waals surface area (Å²) in [4.78, 5) is 11.2. The number of nitrogens with zero attached hydrogens (tertiary/aromatic N) is 1. The highest BCUT2D eigenvalue weighted by molar-refractivity contribution is 5.94. The van der Waals surface area contributed by atoms with Crippen molar-refractivity contribution in [2.45, 2.75) is 57.3 Å². The zero-order valence-corrected chi connectivity index (χ0v) is 19.3. The van der Waals surface area contributed by atoms with Crippen LogP contribution in [0.2, 0.25) is 0 Å². The van der Waals surface area contributed by atoms with Gasteiger partial charge in [0.1, 0.15) is 11.6 Å². The Morgan fingerprint density at radius 1 is 1.03 bits per heavy atom. The molecule has 0 spiro atoms. The van der Waals surface area contributed by atoms with Crippen LogP contribution in [-0.4, -0.2) is 44.2 Å². The first kappa shape index (κ1) is 24.7. The number of hydrogen-bond acceptors (Lipinski definition) is 4. The van der Waals surface area contributed by atoms with Crippen molar-refractivity contribution < 1.29 is 29.6 Å². The average Bonchev–Trinajstić information content (AvgIpc) is 3.12. The second-order valence-corrected chi connectivity index (χ2v) is 9.53. The first-order valence-corrected chi connectivity index (χ1v) is 11.1. The van der Waals surface area contributed by atoms with Gasteiger partial charge < -0.3 is 25.0 Å². The molecule has 2 aromatic carbocycles. The highest BCUT2D eigenvalue weighted by atomic mass is 19.1. The number of aliphatic carboxylic acids is 1. The molecule has 0 fully saturated rings. The van der Waals surface area contributed by atoms with E-state index in [9.17, 15) is 24.5 Å². The predicted octanol–water partition coefficient (Wildman–Crippen LogP) is 4.64. The van der Waals surface area contributed by atoms with Crippen LogP contribution in [0, 0.1) is 5.82 Å². The Morgan fingerprint density at radius 3 is 2.27 bits per heavy atom. The van der Waals surface area contributed by atoms with Crippen LogP contribution in [0.1, 0.15) is 57.7 Å². The summed E-state index contributed by atoms with van der Waals surface area (Å²) in [5, 5.41) is 41.0. The number of aliphatic hydroxyl groups is 2. The van der Waals surface area contributed by atoms with Gasteiger partial charge in [0.25, 0.3) is 0 Å². The average molecular weight is 458 g/mol. The van der Waals surface area contributed by atoms with Gasteiger partial charge in [-0.1, -0.05) is 26.8 Å². The number of carboxylic acids is 1. The Bertz CT molecular complexity index is 1140. The lowest BCUT2D eigenvalue weighted by Gasteiger charge is -2.35. The molecule has 0 aliphatic rings. The smallest absolute Gasteiger partial charge is 0.303 e. The number of phenolic OH excluding ortho intramolecular Hbond substituents is 1. The van der Waals surface area contributed by atoms with Gasteiger partial charge in [0, 0.05) is 35.2 Å². The number of aliphatic hydroxyl groups excluding tert-OH is 2. The van der Waals surface area contributed by atoms with E-state index in [1.807, 2.05) is 31.4 Å². The predicted molar refractivity (Wildman–Crippen MR) is 126 cm³/mol. The van der Waals surface area contributed by atoms with E-state index in [4.69, 9.17) is 5.11 Å². The lowest BCUT2D eigenvalue weighted by Crippen LogP contribution is -2.33. The van der Waals surface area contributed by atoms with E-state index in [1.54, 1.807) is 24.3 Å². The zero-order chi connectivity index (χ0) is 24.4. The Balaban J connectivity index is 2.43. The van der Waals surface area contributed by atoms with E-state index >= 15 is 0 Å². The number of carboxylic acid groups (broad SMARTS) is 1. The minimum Gasteiger partial charge on any atom is -0.507 e. The van der Waals surface area contributed by atoms with Crippen LogP contribution in [-0.2, 0) is 15.6 Å². The molecule has 0 unspecified atom stereocenters. The summed E-state index contributed by atoms with van der Waals surface area (Å²) in [5.41, 5.74) is 1.41. The molecule has 3 rings (SSSR count). The van der Waals surface area contributed by atoms with Crippen molar-refractivity contribution in [3.05, 3.63) is 59.5 Å². The molecule has 6 nitrogen and oxygen atoms in total. The summed E-state index contributed by atoms with van der Waals surface area (Å²) in [7, 11) is 0. The number of carbonyl (C=O) groups is 1. The van der Waals surface area contributed by atoms with Crippen LogP contribution >= 0.6 is 0 Å². The third-order valence-corrected chi connectivity index (χ3v) is 6.48. The van der Waals surface area contributed by atoms with Crippen LogP contribution in [0.3, 0.4) is 0 Å². The quantitative estimate of drug-likeness (QED) is 0.355. The Kier molecular flexibility index (Phi) is 7.14. The summed E-state index contributed by atoms with van der Waals surface area (Å²) < 4.78 is 15.6. The monoisotopic (exact) mass is 457 g/mol. The number of fused-ring (bicyclic) bond motifs is 1. The molecule has 0 aliphatic heterocycles. The van der Waals surface area contributed by atoms with E-state index in [0.29, 0.717) is 35.9 Å². The van der Waals surface area contributed by atoms with Gasteiger partial charge in [-0.05, 0) is 66.6 Å². The van der Waals surface area contributed by atoms with Crippen molar-refractivity contribution >= 4 is 16.9 Å². The van der Waals surface area contributed by atoms with Gasteiger partial charge >= 0.3 is 5.97 Å². The zero-order valence-electron chi connectivity index (χ0n) is 19.3. The van der Waals surface area contributed by atoms with Crippen molar-refractivity contribution in [2.75, 3.05) is 13.2 Å². The summed E-state index contributed by atoms with van der Waals surface area (Å²) >= 11 is 0. The minimum atomic E-state index is -0.895. The normalized spacial score (nSPS) is 13.9. The van der Waals surface area contributed by atoms with Gasteiger partial charge in [-0.25, -0.2) is 4.39 Å². The Hall–Kier alpha value is -2.90. The van der Waals surface area contributed by atoms with E-state index in [1.165, 1.54) is 12.1 Å². The fourth-order valence-electron chi connectivity index (χ4n) is 4.73. The molecule has 0 bridgehead atoms. The molecular weight excluding hydrogens is 425 g/mol. The van der Waals surface area contributed by atoms with Crippen LogP contribution < -0.4 is 0 Å². The standard InChI is InChI=1S/C26H32FNO5/c1-25(2,16-30)24-23(26(3,14-15-29)13-5-8-21(32)33)22-19(6-4-7-20(22)31)28(24)18-11-9-17(27)10-12-18/h4,6-7,9-12,29-31H,5,8,13-16H2,1-3H3,(H,32,33)/t26-/m0/s1. The second kappa shape index (κ2) is 9.53. The molecule has 1 heterocycles. The fourth-order valence-corrected chi connectivity index (χ4v) is 4.73. The third-order valence-electron chi connectivity index (χ3n) is 6.48. The van der Waals surface area contributed by atoms with Crippen molar-refractivity contribution in [3.8, 4) is 11.4 Å². The number of benzene rings is 2. The van der Waals surface area contributed by atoms with E-state index in [2.05, 4.69) is 0 Å². The maximum atomic E-state index is 13.7. The molecule has 0 aliphatic carbocycles. The first-order chi connectivity index (χ1) is 15.6. The molecule has 0 saturated carbocycles. The number of halogens is 1. The van der Waals surface area contributed by atoms with E-state index in [-0.39, 0.29) is 31.2 Å². The molecule has 0 amide bonds. The van der Waals surface area contributed by atoms with Gasteiger partial charge in [0.05, 0.1) is 12.1 Å². The largest absolute Gasteiger partial charge is 0.507 e. The SMILES string of the molecule is CC(C)(CO)c1c([C@](C)(CCO)CCCC(=O)O)c2c(O)cccc2n1-c1ccc(F)cc1. The summed E-state index contributed by atoms with van der Waals surface area (Å²) in [6, 6.07) is 11.2. The molecular formula is C26H32FNO5. The van der Waals surface area contributed by atoms with Gasteiger partial charge in [-0.3, -0.25) is 4.79 Å². The lowest BCUT2D eigenvalue weighted by molar-refractivity contribution is -0.137. The highest BCUT2D eigenvalue weighted by Crippen LogP contribution is 2.48. The highest BCUT2D eigenvalue weighted by Gasteiger charge is 2.40. The van der Waals surface area contributed by atoms with E-state index in [0.717, 1.165) is 11.3 Å². The van der Waals surface area contributed by atoms with Crippen molar-refractivity contribution in [1.29, 1.82) is 0 Å². The first-order valence-electron chi connectivity index (χ1n) is 11.1. The molecule has 1 aromatic heterocycles. The summed E-state index contributed by atoms with van der Waals surface area (Å²) in [5.74, 6) is -1.21. The number of aromatic nitrogens is 1. The molecule has 7 heteroatoms. The van der Waals surface area contributed by atoms with Gasteiger partial charge in [-0.15, -0.1) is 0 Å². The lowest BCUT2D eigenvalue weighted by atomic mass is 9.71. The number of aromatic hydroxyl groups is 1. The number of hydrogen-bond donors (Lipinski definition) is 4. The molecule has 0 saturated heterocycles. The molecule has 1 atom stereocenters. The summed E-state index contributed by atoms with van der Waals surface area (Å²) in [6.07, 6.45) is 1.19. The Labute approximate surface area is 192 Å². The van der Waals surface area contributed by atoms with Crippen LogP contribution in [0.5, 0.6) is 5.75 Å². The van der Waals surface area contributed by atoms with E-state index < -0.39 is 16.8 Å². The van der Waals surface area contributed by atoms with Crippen LogP contribution in [0.4, 0.5) is 4.39 Å². The molecule has 178 valence electrons. The molecule has 0 radical (unpaired) electrons. The fraction of sp³-hybridized carbons (Fsp3) is 0.423. The van der Waals surface area contributed by atoms with Gasteiger partial charge in [0.15, 0.2) is 0 Å². The maximum Gasteiger partial charge on any atom is 0.303 e. The third kappa shape index (κ3) is 4.75.